The molecule has 0 atom stereocenters. The van der Waals surface area contributed by atoms with Crippen molar-refractivity contribution in [1.82, 2.24) is 9.97 Å². The zero-order valence-electron chi connectivity index (χ0n) is 16.3. The van der Waals surface area contributed by atoms with Gasteiger partial charge < -0.3 is 10.1 Å². The molecule has 0 radical (unpaired) electrons. The van der Waals surface area contributed by atoms with Crippen LogP contribution in [-0.4, -0.2) is 21.8 Å². The molecule has 150 valence electrons. The molecule has 0 spiro atoms. The minimum absolute atomic E-state index is 0.0312. The minimum atomic E-state index is -0.507. The maximum absolute atomic E-state index is 12.3. The van der Waals surface area contributed by atoms with Gasteiger partial charge in [0.2, 0.25) is 5.91 Å². The first-order valence-corrected chi connectivity index (χ1v) is 10.3. The highest BCUT2D eigenvalue weighted by molar-refractivity contribution is 7.09. The van der Waals surface area contributed by atoms with Crippen molar-refractivity contribution in [3.05, 3.63) is 88.0 Å². The largest absolute Gasteiger partial charge is 0.454 e. The van der Waals surface area contributed by atoms with E-state index in [1.165, 1.54) is 11.3 Å². The summed E-state index contributed by atoms with van der Waals surface area (Å²) in [6.07, 6.45) is 0.165. The molecule has 0 saturated heterocycles. The Morgan fingerprint density at radius 2 is 1.80 bits per heavy atom. The standard InChI is InChI=1S/C23H19N3O3S/c1-15-6-9-17(10-7-15)24-21(27)12-22-25-18(14-30-22)13-29-23(28)20-11-8-16-4-2-3-5-19(16)26-20/h2-11,14H,12-13H2,1H3,(H,24,27). The van der Waals surface area contributed by atoms with E-state index in [-0.39, 0.29) is 24.6 Å². The Morgan fingerprint density at radius 3 is 2.63 bits per heavy atom. The number of esters is 1. The van der Waals surface area contributed by atoms with Crippen LogP contribution >= 0.6 is 11.3 Å². The molecule has 0 unspecified atom stereocenters. The number of thiazole rings is 1. The van der Waals surface area contributed by atoms with E-state index in [4.69, 9.17) is 4.74 Å². The number of hydrogen-bond donors (Lipinski definition) is 1. The summed E-state index contributed by atoms with van der Waals surface area (Å²) < 4.78 is 5.33. The molecule has 4 aromatic rings. The third-order valence-electron chi connectivity index (χ3n) is 4.41. The average molecular weight is 417 g/mol. The number of benzene rings is 2. The molecule has 2 aromatic carbocycles. The number of nitrogens with zero attached hydrogens (tertiary/aromatic N) is 2. The smallest absolute Gasteiger partial charge is 0.357 e. The third-order valence-corrected chi connectivity index (χ3v) is 5.30. The molecule has 1 amide bonds. The third kappa shape index (κ3) is 4.87. The van der Waals surface area contributed by atoms with E-state index < -0.39 is 5.97 Å². The molecule has 30 heavy (non-hydrogen) atoms. The number of fused-ring (bicyclic) bond motifs is 1. The van der Waals surface area contributed by atoms with E-state index in [1.807, 2.05) is 61.5 Å². The van der Waals surface area contributed by atoms with Crippen molar-refractivity contribution in [3.8, 4) is 0 Å². The monoisotopic (exact) mass is 417 g/mol. The Morgan fingerprint density at radius 1 is 1.00 bits per heavy atom. The number of hydrogen-bond acceptors (Lipinski definition) is 6. The van der Waals surface area contributed by atoms with Gasteiger partial charge in [-0.25, -0.2) is 14.8 Å². The summed E-state index contributed by atoms with van der Waals surface area (Å²) >= 11 is 1.36. The number of carbonyl (C=O) groups is 2. The lowest BCUT2D eigenvalue weighted by molar-refractivity contribution is -0.115. The summed E-state index contributed by atoms with van der Waals surface area (Å²) in [5.74, 6) is -0.649. The van der Waals surface area contributed by atoms with Crippen molar-refractivity contribution in [2.75, 3.05) is 5.32 Å². The van der Waals surface area contributed by atoms with Crippen molar-refractivity contribution in [2.45, 2.75) is 20.0 Å². The van der Waals surface area contributed by atoms with Gasteiger partial charge in [0.1, 0.15) is 17.3 Å². The second kappa shape index (κ2) is 8.84. The number of carbonyl (C=O) groups excluding carboxylic acids is 2. The molecule has 0 aliphatic heterocycles. The normalized spacial score (nSPS) is 10.7. The van der Waals surface area contributed by atoms with Crippen molar-refractivity contribution < 1.29 is 14.3 Å². The molecule has 0 saturated carbocycles. The Kier molecular flexibility index (Phi) is 5.81. The molecule has 4 rings (SSSR count). The van der Waals surface area contributed by atoms with Gasteiger partial charge in [0.05, 0.1) is 17.6 Å². The topological polar surface area (TPSA) is 81.2 Å². The molecule has 0 bridgehead atoms. The Balaban J connectivity index is 1.32. The summed E-state index contributed by atoms with van der Waals surface area (Å²) in [5.41, 5.74) is 3.47. The second-order valence-electron chi connectivity index (χ2n) is 6.79. The summed E-state index contributed by atoms with van der Waals surface area (Å²) in [5, 5.41) is 6.26. The maximum Gasteiger partial charge on any atom is 0.357 e. The van der Waals surface area contributed by atoms with Gasteiger partial charge in [0.25, 0.3) is 0 Å². The molecule has 0 fully saturated rings. The van der Waals surface area contributed by atoms with Gasteiger partial charge in [-0.2, -0.15) is 0 Å². The van der Waals surface area contributed by atoms with E-state index in [2.05, 4.69) is 15.3 Å². The number of anilines is 1. The number of aromatic nitrogens is 2. The number of amides is 1. The highest BCUT2D eigenvalue weighted by atomic mass is 32.1. The number of pyridine rings is 1. The number of nitrogens with one attached hydrogen (secondary N) is 1. The highest BCUT2D eigenvalue weighted by Gasteiger charge is 2.13. The van der Waals surface area contributed by atoms with Crippen LogP contribution in [-0.2, 0) is 22.6 Å². The van der Waals surface area contributed by atoms with Crippen LogP contribution in [0.4, 0.5) is 5.69 Å². The zero-order chi connectivity index (χ0) is 20.9. The number of ether oxygens (including phenoxy) is 1. The predicted octanol–water partition coefficient (Wildman–Crippen LogP) is 4.54. The molecule has 6 nitrogen and oxygen atoms in total. The molecule has 2 aromatic heterocycles. The first kappa shape index (κ1) is 19.7. The molecular weight excluding hydrogens is 398 g/mol. The fourth-order valence-corrected chi connectivity index (χ4v) is 3.65. The molecule has 1 N–H and O–H groups in total. The molecule has 0 aliphatic rings. The van der Waals surface area contributed by atoms with E-state index in [1.54, 1.807) is 11.4 Å². The predicted molar refractivity (Wildman–Crippen MR) is 116 cm³/mol. The van der Waals surface area contributed by atoms with Crippen LogP contribution in [0.15, 0.2) is 66.0 Å². The first-order chi connectivity index (χ1) is 14.6. The molecule has 0 aliphatic carbocycles. The van der Waals surface area contributed by atoms with Crippen molar-refractivity contribution >= 4 is 39.8 Å². The van der Waals surface area contributed by atoms with Gasteiger partial charge in [-0.1, -0.05) is 42.0 Å². The summed E-state index contributed by atoms with van der Waals surface area (Å²) in [4.78, 5) is 33.2. The van der Waals surface area contributed by atoms with Gasteiger partial charge in [0, 0.05) is 16.5 Å². The Labute approximate surface area is 177 Å². The lowest BCUT2D eigenvalue weighted by atomic mass is 10.2. The highest BCUT2D eigenvalue weighted by Crippen LogP contribution is 2.16. The van der Waals surface area contributed by atoms with Crippen LogP contribution in [0.2, 0.25) is 0 Å². The van der Waals surface area contributed by atoms with E-state index in [9.17, 15) is 9.59 Å². The van der Waals surface area contributed by atoms with Crippen molar-refractivity contribution in [2.24, 2.45) is 0 Å². The Hall–Kier alpha value is -3.58. The minimum Gasteiger partial charge on any atom is -0.454 e. The van der Waals surface area contributed by atoms with Crippen molar-refractivity contribution in [1.29, 1.82) is 0 Å². The van der Waals surface area contributed by atoms with E-state index in [0.717, 1.165) is 22.2 Å². The summed E-state index contributed by atoms with van der Waals surface area (Å²) in [7, 11) is 0. The van der Waals surface area contributed by atoms with Crippen molar-refractivity contribution in [3.63, 3.8) is 0 Å². The van der Waals surface area contributed by atoms with Gasteiger partial charge in [-0.15, -0.1) is 11.3 Å². The lowest BCUT2D eigenvalue weighted by Gasteiger charge is -2.04. The fourth-order valence-electron chi connectivity index (χ4n) is 2.87. The van der Waals surface area contributed by atoms with Gasteiger partial charge in [-0.05, 0) is 31.2 Å². The SMILES string of the molecule is Cc1ccc(NC(=O)Cc2nc(COC(=O)c3ccc4ccccc4n3)cs2)cc1. The molecule has 7 heteroatoms. The number of aryl methyl sites for hydroxylation is 1. The first-order valence-electron chi connectivity index (χ1n) is 9.39. The van der Waals surface area contributed by atoms with Crippen LogP contribution in [0.5, 0.6) is 0 Å². The van der Waals surface area contributed by atoms with Gasteiger partial charge in [0.15, 0.2) is 0 Å². The summed E-state index contributed by atoms with van der Waals surface area (Å²) in [6.45, 7) is 2.02. The van der Waals surface area contributed by atoms with E-state index in [0.29, 0.717) is 10.7 Å². The lowest BCUT2D eigenvalue weighted by Crippen LogP contribution is -2.14. The van der Waals surface area contributed by atoms with Crippen LogP contribution in [0.1, 0.15) is 26.8 Å². The van der Waals surface area contributed by atoms with Gasteiger partial charge in [-0.3, -0.25) is 4.79 Å². The second-order valence-corrected chi connectivity index (χ2v) is 7.73. The zero-order valence-corrected chi connectivity index (χ0v) is 17.1. The maximum atomic E-state index is 12.3. The van der Waals surface area contributed by atoms with Crippen LogP contribution in [0.25, 0.3) is 10.9 Å². The number of rotatable bonds is 6. The fraction of sp³-hybridized carbons (Fsp3) is 0.130. The van der Waals surface area contributed by atoms with Crippen LogP contribution < -0.4 is 5.32 Å². The quantitative estimate of drug-likeness (QED) is 0.466. The van der Waals surface area contributed by atoms with Crippen LogP contribution in [0.3, 0.4) is 0 Å². The molecular formula is C23H19N3O3S. The van der Waals surface area contributed by atoms with Crippen LogP contribution in [0, 0.1) is 6.92 Å². The average Bonchev–Trinajstić information content (AvgIpc) is 3.20. The Bertz CT molecular complexity index is 1200. The molecule has 2 heterocycles. The van der Waals surface area contributed by atoms with Gasteiger partial charge >= 0.3 is 5.97 Å². The van der Waals surface area contributed by atoms with E-state index >= 15 is 0 Å². The summed E-state index contributed by atoms with van der Waals surface area (Å²) in [6, 6.07) is 18.7. The number of para-hydroxylation sites is 1.